The fraction of sp³-hybridized carbons (Fsp3) is 0.267. The molecule has 0 saturated carbocycles. The minimum Gasteiger partial charge on any atom is -0.238 e. The van der Waals surface area contributed by atoms with Crippen LogP contribution in [0.5, 0.6) is 0 Å². The second-order valence-corrected chi connectivity index (χ2v) is 6.44. The lowest BCUT2D eigenvalue weighted by Gasteiger charge is -2.08. The Balaban J connectivity index is 2.17. The number of nitrogens with zero attached hydrogens (tertiary/aromatic N) is 3. The Bertz CT molecular complexity index is 780. The molecule has 0 aliphatic rings. The van der Waals surface area contributed by atoms with Crippen molar-refractivity contribution in [2.75, 3.05) is 0 Å². The molecule has 3 nitrogen and oxygen atoms in total. The molecular formula is C15H14ClN3S. The third-order valence-electron chi connectivity index (χ3n) is 3.19. The summed E-state index contributed by atoms with van der Waals surface area (Å²) in [6.07, 6.45) is 0. The Kier molecular flexibility index (Phi) is 3.44. The topological polar surface area (TPSA) is 38.7 Å². The Hall–Kier alpha value is -1.52. The number of aryl methyl sites for hydroxylation is 1. The van der Waals surface area contributed by atoms with Crippen LogP contribution in [0.25, 0.3) is 22.4 Å². The fourth-order valence-corrected chi connectivity index (χ4v) is 2.87. The van der Waals surface area contributed by atoms with Gasteiger partial charge in [-0.3, -0.25) is 0 Å². The lowest BCUT2D eigenvalue weighted by Crippen LogP contribution is -1.94. The first-order valence-corrected chi connectivity index (χ1v) is 7.70. The molecule has 2 heterocycles. The van der Waals surface area contributed by atoms with Crippen molar-refractivity contribution in [3.05, 3.63) is 39.3 Å². The number of fused-ring (bicyclic) bond motifs is 1. The first kappa shape index (κ1) is 13.5. The molecule has 1 aromatic carbocycles. The van der Waals surface area contributed by atoms with E-state index in [0.717, 1.165) is 21.6 Å². The summed E-state index contributed by atoms with van der Waals surface area (Å²) in [5.74, 6) is 1.04. The van der Waals surface area contributed by atoms with Crippen LogP contribution in [0.2, 0.25) is 5.15 Å². The highest BCUT2D eigenvalue weighted by Gasteiger charge is 2.11. The summed E-state index contributed by atoms with van der Waals surface area (Å²) in [5, 5.41) is 4.33. The highest BCUT2D eigenvalue weighted by molar-refractivity contribution is 7.09. The van der Waals surface area contributed by atoms with Gasteiger partial charge in [-0.05, 0) is 30.5 Å². The summed E-state index contributed by atoms with van der Waals surface area (Å²) >= 11 is 7.90. The fourth-order valence-electron chi connectivity index (χ4n) is 2.05. The molecular weight excluding hydrogens is 290 g/mol. The van der Waals surface area contributed by atoms with E-state index < -0.39 is 0 Å². The molecule has 0 N–H and O–H groups in total. The van der Waals surface area contributed by atoms with E-state index in [2.05, 4.69) is 40.9 Å². The summed E-state index contributed by atoms with van der Waals surface area (Å²) in [6, 6.07) is 6.16. The molecule has 0 atom stereocenters. The smallest absolute Gasteiger partial charge is 0.181 e. The summed E-state index contributed by atoms with van der Waals surface area (Å²) in [7, 11) is 0. The summed E-state index contributed by atoms with van der Waals surface area (Å²) in [4.78, 5) is 13.4. The Morgan fingerprint density at radius 1 is 1.15 bits per heavy atom. The lowest BCUT2D eigenvalue weighted by molar-refractivity contribution is 0.868. The van der Waals surface area contributed by atoms with Gasteiger partial charge in [0, 0.05) is 10.8 Å². The zero-order valence-corrected chi connectivity index (χ0v) is 13.1. The van der Waals surface area contributed by atoms with Gasteiger partial charge in [-0.15, -0.1) is 11.3 Å². The molecule has 0 radical (unpaired) electrons. The van der Waals surface area contributed by atoms with Crippen molar-refractivity contribution >= 4 is 33.8 Å². The van der Waals surface area contributed by atoms with Gasteiger partial charge < -0.3 is 0 Å². The van der Waals surface area contributed by atoms with Crippen LogP contribution in [-0.2, 0) is 0 Å². The van der Waals surface area contributed by atoms with Gasteiger partial charge in [0.25, 0.3) is 0 Å². The summed E-state index contributed by atoms with van der Waals surface area (Å²) < 4.78 is 0. The van der Waals surface area contributed by atoms with Crippen LogP contribution in [0.1, 0.15) is 30.3 Å². The minimum atomic E-state index is 0.455. The van der Waals surface area contributed by atoms with Crippen molar-refractivity contribution < 1.29 is 0 Å². The highest BCUT2D eigenvalue weighted by atomic mass is 35.5. The van der Waals surface area contributed by atoms with Crippen LogP contribution in [0.15, 0.2) is 23.6 Å². The van der Waals surface area contributed by atoms with Crippen molar-refractivity contribution in [3.63, 3.8) is 0 Å². The van der Waals surface area contributed by atoms with E-state index in [1.54, 1.807) is 11.3 Å². The van der Waals surface area contributed by atoms with Crippen LogP contribution < -0.4 is 0 Å². The number of rotatable bonds is 2. The molecule has 3 rings (SSSR count). The van der Waals surface area contributed by atoms with E-state index in [1.165, 1.54) is 5.56 Å². The monoisotopic (exact) mass is 303 g/mol. The van der Waals surface area contributed by atoms with E-state index in [4.69, 9.17) is 11.6 Å². The average Bonchev–Trinajstić information content (AvgIpc) is 2.85. The molecule has 5 heteroatoms. The molecule has 0 aliphatic carbocycles. The van der Waals surface area contributed by atoms with Gasteiger partial charge in [0.2, 0.25) is 0 Å². The van der Waals surface area contributed by atoms with Crippen molar-refractivity contribution in [3.8, 4) is 11.5 Å². The maximum Gasteiger partial charge on any atom is 0.181 e. The zero-order chi connectivity index (χ0) is 14.3. The van der Waals surface area contributed by atoms with Gasteiger partial charge in [-0.25, -0.2) is 15.0 Å². The van der Waals surface area contributed by atoms with E-state index in [1.807, 2.05) is 18.4 Å². The van der Waals surface area contributed by atoms with E-state index in [0.29, 0.717) is 16.9 Å². The third-order valence-corrected chi connectivity index (χ3v) is 4.25. The SMILES string of the molecule is Cc1nc(-c2nc(Cl)c3cc(C(C)C)ccc3n2)cs1. The van der Waals surface area contributed by atoms with Crippen molar-refractivity contribution in [2.24, 2.45) is 0 Å². The van der Waals surface area contributed by atoms with Crippen molar-refractivity contribution in [2.45, 2.75) is 26.7 Å². The maximum atomic E-state index is 6.32. The number of hydrogen-bond donors (Lipinski definition) is 0. The predicted molar refractivity (Wildman–Crippen MR) is 84.5 cm³/mol. The van der Waals surface area contributed by atoms with Gasteiger partial charge in [0.15, 0.2) is 5.82 Å². The number of halogens is 1. The predicted octanol–water partition coefficient (Wildman–Crippen LogP) is 4.84. The first-order valence-electron chi connectivity index (χ1n) is 6.44. The summed E-state index contributed by atoms with van der Waals surface area (Å²) in [6.45, 7) is 6.27. The minimum absolute atomic E-state index is 0.455. The molecule has 0 saturated heterocycles. The first-order chi connectivity index (χ1) is 9.54. The van der Waals surface area contributed by atoms with E-state index >= 15 is 0 Å². The number of aromatic nitrogens is 3. The molecule has 20 heavy (non-hydrogen) atoms. The third kappa shape index (κ3) is 2.41. The molecule has 0 fully saturated rings. The Morgan fingerprint density at radius 2 is 1.95 bits per heavy atom. The quantitative estimate of drug-likeness (QED) is 0.636. The second kappa shape index (κ2) is 5.11. The van der Waals surface area contributed by atoms with Crippen LogP contribution in [0, 0.1) is 6.92 Å². The molecule has 0 amide bonds. The molecule has 0 bridgehead atoms. The Labute approximate surface area is 126 Å². The van der Waals surface area contributed by atoms with Crippen LogP contribution in [0.4, 0.5) is 0 Å². The number of thiazole rings is 1. The molecule has 0 spiro atoms. The molecule has 0 aliphatic heterocycles. The molecule has 0 unspecified atom stereocenters. The van der Waals surface area contributed by atoms with Gasteiger partial charge in [0.1, 0.15) is 10.8 Å². The van der Waals surface area contributed by atoms with E-state index in [9.17, 15) is 0 Å². The maximum absolute atomic E-state index is 6.32. The Morgan fingerprint density at radius 3 is 2.60 bits per heavy atom. The number of benzene rings is 1. The molecule has 102 valence electrons. The normalized spacial score (nSPS) is 11.4. The second-order valence-electron chi connectivity index (χ2n) is 5.02. The van der Waals surface area contributed by atoms with Crippen molar-refractivity contribution in [1.82, 2.24) is 15.0 Å². The number of hydrogen-bond acceptors (Lipinski definition) is 4. The van der Waals surface area contributed by atoms with Crippen molar-refractivity contribution in [1.29, 1.82) is 0 Å². The van der Waals surface area contributed by atoms with Gasteiger partial charge in [-0.2, -0.15) is 0 Å². The average molecular weight is 304 g/mol. The molecule has 2 aromatic heterocycles. The van der Waals surface area contributed by atoms with Gasteiger partial charge >= 0.3 is 0 Å². The summed E-state index contributed by atoms with van der Waals surface area (Å²) in [5.41, 5.74) is 2.87. The van der Waals surface area contributed by atoms with Gasteiger partial charge in [0.05, 0.1) is 10.5 Å². The van der Waals surface area contributed by atoms with Crippen LogP contribution >= 0.6 is 22.9 Å². The van der Waals surface area contributed by atoms with E-state index in [-0.39, 0.29) is 0 Å². The molecule has 3 aromatic rings. The largest absolute Gasteiger partial charge is 0.238 e. The lowest BCUT2D eigenvalue weighted by atomic mass is 10.0. The van der Waals surface area contributed by atoms with Crippen LogP contribution in [-0.4, -0.2) is 15.0 Å². The van der Waals surface area contributed by atoms with Crippen LogP contribution in [0.3, 0.4) is 0 Å². The standard InChI is InChI=1S/C15H14ClN3S/c1-8(2)10-4-5-12-11(6-10)14(16)19-15(18-12)13-7-20-9(3)17-13/h4-8H,1-3H3. The van der Waals surface area contributed by atoms with Gasteiger partial charge in [-0.1, -0.05) is 31.5 Å². The highest BCUT2D eigenvalue weighted by Crippen LogP contribution is 2.28. The zero-order valence-electron chi connectivity index (χ0n) is 11.5.